The van der Waals surface area contributed by atoms with Crippen LogP contribution in [0.15, 0.2) is 211 Å². The average Bonchev–Trinajstić information content (AvgIpc) is 3.73. The van der Waals surface area contributed by atoms with Crippen LogP contribution in [0.25, 0.3) is 113 Å². The summed E-state index contributed by atoms with van der Waals surface area (Å²) < 4.78 is 6.54. The standard InChI is InChI=1S/C54H34N6O/c1-5-16-35(17-6-1)41-32-33-47-46(34-41)43-27-15-26-42(48(43)61-47)36-28-30-40(31-29-36)52-56-51(39-22-11-4-12-23-39)59-54(60-52)45-25-14-13-24-44(45)53-57-49(37-18-7-2-8-19-37)55-50(58-53)38-20-9-3-10-21-38/h1-34H. The van der Waals surface area contributed by atoms with Crippen molar-refractivity contribution in [3.05, 3.63) is 206 Å². The molecule has 0 radical (unpaired) electrons. The van der Waals surface area contributed by atoms with Gasteiger partial charge in [0.2, 0.25) is 0 Å². The van der Waals surface area contributed by atoms with Crippen molar-refractivity contribution in [2.45, 2.75) is 0 Å². The maximum absolute atomic E-state index is 6.54. The van der Waals surface area contributed by atoms with Gasteiger partial charge in [0.05, 0.1) is 0 Å². The zero-order valence-electron chi connectivity index (χ0n) is 32.7. The van der Waals surface area contributed by atoms with Gasteiger partial charge < -0.3 is 4.42 Å². The summed E-state index contributed by atoms with van der Waals surface area (Å²) in [6, 6.07) is 69.4. The molecule has 7 heteroatoms. The number of benzene rings is 8. The lowest BCUT2D eigenvalue weighted by molar-refractivity contribution is 0.670. The number of para-hydroxylation sites is 1. The topological polar surface area (TPSA) is 90.5 Å². The van der Waals surface area contributed by atoms with Gasteiger partial charge >= 0.3 is 0 Å². The molecule has 0 amide bonds. The quantitative estimate of drug-likeness (QED) is 0.152. The minimum absolute atomic E-state index is 0.508. The molecule has 0 aliphatic heterocycles. The zero-order valence-corrected chi connectivity index (χ0v) is 32.7. The van der Waals surface area contributed by atoms with Crippen LogP contribution in [-0.2, 0) is 0 Å². The number of hydrogen-bond acceptors (Lipinski definition) is 7. The van der Waals surface area contributed by atoms with Gasteiger partial charge in [-0.15, -0.1) is 0 Å². The molecule has 0 aliphatic rings. The van der Waals surface area contributed by atoms with Crippen LogP contribution in [-0.4, -0.2) is 29.9 Å². The van der Waals surface area contributed by atoms with Crippen molar-refractivity contribution in [1.82, 2.24) is 29.9 Å². The van der Waals surface area contributed by atoms with Crippen molar-refractivity contribution in [1.29, 1.82) is 0 Å². The van der Waals surface area contributed by atoms with E-state index < -0.39 is 0 Å². The molecule has 0 atom stereocenters. The molecule has 3 heterocycles. The van der Waals surface area contributed by atoms with E-state index in [1.54, 1.807) is 0 Å². The first kappa shape index (κ1) is 35.7. The molecule has 0 N–H and O–H groups in total. The van der Waals surface area contributed by atoms with Crippen molar-refractivity contribution < 1.29 is 4.42 Å². The molecule has 11 rings (SSSR count). The molecule has 0 bridgehead atoms. The van der Waals surface area contributed by atoms with E-state index >= 15 is 0 Å². The molecule has 286 valence electrons. The Balaban J connectivity index is 1.01. The van der Waals surface area contributed by atoms with Gasteiger partial charge in [0, 0.05) is 49.7 Å². The van der Waals surface area contributed by atoms with Crippen LogP contribution in [0, 0.1) is 0 Å². The minimum Gasteiger partial charge on any atom is -0.455 e. The van der Waals surface area contributed by atoms with E-state index in [4.69, 9.17) is 34.3 Å². The normalized spacial score (nSPS) is 11.3. The van der Waals surface area contributed by atoms with Gasteiger partial charge in [-0.25, -0.2) is 29.9 Å². The Labute approximate surface area is 351 Å². The molecule has 11 aromatic rings. The number of hydrogen-bond donors (Lipinski definition) is 0. The van der Waals surface area contributed by atoms with Crippen LogP contribution >= 0.6 is 0 Å². The first-order chi connectivity index (χ1) is 30.2. The third kappa shape index (κ3) is 6.90. The number of furan rings is 1. The van der Waals surface area contributed by atoms with Gasteiger partial charge in [-0.05, 0) is 28.8 Å². The van der Waals surface area contributed by atoms with Crippen molar-refractivity contribution in [3.63, 3.8) is 0 Å². The van der Waals surface area contributed by atoms with Crippen LogP contribution in [0.2, 0.25) is 0 Å². The lowest BCUT2D eigenvalue weighted by Gasteiger charge is -2.13. The summed E-state index contributed by atoms with van der Waals surface area (Å²) in [4.78, 5) is 30.3. The molecule has 0 saturated carbocycles. The second-order valence-corrected chi connectivity index (χ2v) is 14.7. The van der Waals surface area contributed by atoms with Crippen LogP contribution in [0.1, 0.15) is 0 Å². The summed E-state index contributed by atoms with van der Waals surface area (Å²) in [5.41, 5.74) is 11.1. The molecule has 61 heavy (non-hydrogen) atoms. The molecular weight excluding hydrogens is 749 g/mol. The number of fused-ring (bicyclic) bond motifs is 3. The van der Waals surface area contributed by atoms with Gasteiger partial charge in [-0.2, -0.15) is 0 Å². The van der Waals surface area contributed by atoms with E-state index in [0.29, 0.717) is 34.9 Å². The summed E-state index contributed by atoms with van der Waals surface area (Å²) >= 11 is 0. The second-order valence-electron chi connectivity index (χ2n) is 14.7. The monoisotopic (exact) mass is 782 g/mol. The molecule has 0 spiro atoms. The maximum Gasteiger partial charge on any atom is 0.164 e. The van der Waals surface area contributed by atoms with Crippen molar-refractivity contribution in [2.75, 3.05) is 0 Å². The highest BCUT2D eigenvalue weighted by Crippen LogP contribution is 2.39. The van der Waals surface area contributed by atoms with Gasteiger partial charge in [0.25, 0.3) is 0 Å². The number of rotatable bonds is 8. The zero-order chi connectivity index (χ0) is 40.5. The highest BCUT2D eigenvalue weighted by Gasteiger charge is 2.20. The lowest BCUT2D eigenvalue weighted by Crippen LogP contribution is -2.03. The van der Waals surface area contributed by atoms with E-state index in [1.807, 2.05) is 121 Å². The molecule has 0 unspecified atom stereocenters. The second kappa shape index (κ2) is 15.4. The van der Waals surface area contributed by atoms with Crippen molar-refractivity contribution >= 4 is 21.9 Å². The van der Waals surface area contributed by atoms with Crippen molar-refractivity contribution in [3.8, 4) is 90.6 Å². The van der Waals surface area contributed by atoms with Gasteiger partial charge in [0.1, 0.15) is 11.2 Å². The van der Waals surface area contributed by atoms with E-state index in [9.17, 15) is 0 Å². The third-order valence-corrected chi connectivity index (χ3v) is 10.8. The van der Waals surface area contributed by atoms with E-state index in [0.717, 1.165) is 72.0 Å². The Kier molecular flexibility index (Phi) is 9.02. The maximum atomic E-state index is 6.54. The minimum atomic E-state index is 0.508. The van der Waals surface area contributed by atoms with Crippen molar-refractivity contribution in [2.24, 2.45) is 0 Å². The number of nitrogens with zero attached hydrogens (tertiary/aromatic N) is 6. The van der Waals surface area contributed by atoms with E-state index in [-0.39, 0.29) is 0 Å². The fraction of sp³-hybridized carbons (Fsp3) is 0. The lowest BCUT2D eigenvalue weighted by atomic mass is 9.99. The SMILES string of the molecule is c1ccc(-c2ccc3oc4c(-c5ccc(-c6nc(-c7ccccc7)nc(-c7ccccc7-c7nc(-c8ccccc8)nc(-c8ccccc8)n7)n6)cc5)cccc4c3c2)cc1. The first-order valence-corrected chi connectivity index (χ1v) is 20.1. The largest absolute Gasteiger partial charge is 0.455 e. The third-order valence-electron chi connectivity index (χ3n) is 10.8. The molecule has 0 fully saturated rings. The summed E-state index contributed by atoms with van der Waals surface area (Å²) in [6.45, 7) is 0. The molecule has 3 aromatic heterocycles. The van der Waals surface area contributed by atoms with E-state index in [2.05, 4.69) is 84.9 Å². The Morgan fingerprint density at radius 2 is 0.623 bits per heavy atom. The summed E-state index contributed by atoms with van der Waals surface area (Å²) in [7, 11) is 0. The smallest absolute Gasteiger partial charge is 0.164 e. The Bertz CT molecular complexity index is 3280. The molecule has 0 saturated heterocycles. The Morgan fingerprint density at radius 3 is 1.11 bits per heavy atom. The molecule has 7 nitrogen and oxygen atoms in total. The van der Waals surface area contributed by atoms with Gasteiger partial charge in [-0.3, -0.25) is 0 Å². The Morgan fingerprint density at radius 1 is 0.246 bits per heavy atom. The first-order valence-electron chi connectivity index (χ1n) is 20.1. The number of aromatic nitrogens is 6. The predicted molar refractivity (Wildman–Crippen MR) is 244 cm³/mol. The Hall–Kier alpha value is -8.42. The van der Waals surface area contributed by atoms with Crippen LogP contribution in [0.3, 0.4) is 0 Å². The average molecular weight is 783 g/mol. The fourth-order valence-corrected chi connectivity index (χ4v) is 7.78. The van der Waals surface area contributed by atoms with Crippen LogP contribution < -0.4 is 0 Å². The summed E-state index contributed by atoms with van der Waals surface area (Å²) in [5, 5.41) is 2.17. The molecular formula is C54H34N6O. The molecule has 0 aliphatic carbocycles. The fourth-order valence-electron chi connectivity index (χ4n) is 7.78. The van der Waals surface area contributed by atoms with Gasteiger partial charge in [0.15, 0.2) is 34.9 Å². The highest BCUT2D eigenvalue weighted by atomic mass is 16.3. The van der Waals surface area contributed by atoms with Gasteiger partial charge in [-0.1, -0.05) is 194 Å². The molecule has 8 aromatic carbocycles. The highest BCUT2D eigenvalue weighted by molar-refractivity contribution is 6.10. The summed E-state index contributed by atoms with van der Waals surface area (Å²) in [5.74, 6) is 3.30. The van der Waals surface area contributed by atoms with E-state index in [1.165, 1.54) is 5.56 Å². The van der Waals surface area contributed by atoms with Crippen LogP contribution in [0.5, 0.6) is 0 Å². The predicted octanol–water partition coefficient (Wildman–Crippen LogP) is 13.3. The van der Waals surface area contributed by atoms with Crippen LogP contribution in [0.4, 0.5) is 0 Å². The summed E-state index contributed by atoms with van der Waals surface area (Å²) in [6.07, 6.45) is 0.